The largest absolute Gasteiger partial charge is 0.356 e. The molecular formula is C13H28N4. The molecular weight excluding hydrogens is 212 g/mol. The van der Waals surface area contributed by atoms with E-state index in [0.29, 0.717) is 0 Å². The van der Waals surface area contributed by atoms with E-state index in [4.69, 9.17) is 0 Å². The molecule has 1 aliphatic heterocycles. The Morgan fingerprint density at radius 1 is 1.41 bits per heavy atom. The first kappa shape index (κ1) is 14.3. The highest BCUT2D eigenvalue weighted by Crippen LogP contribution is 2.12. The quantitative estimate of drug-likeness (QED) is 0.559. The number of hydrogen-bond donors (Lipinski definition) is 2. The molecule has 0 aromatic heterocycles. The molecule has 1 heterocycles. The van der Waals surface area contributed by atoms with Gasteiger partial charge in [-0.2, -0.15) is 0 Å². The van der Waals surface area contributed by atoms with Crippen molar-refractivity contribution in [1.82, 2.24) is 15.5 Å². The van der Waals surface area contributed by atoms with Crippen LogP contribution in [0, 0.1) is 11.8 Å². The van der Waals surface area contributed by atoms with Crippen molar-refractivity contribution in [1.29, 1.82) is 0 Å². The Morgan fingerprint density at radius 2 is 2.18 bits per heavy atom. The summed E-state index contributed by atoms with van der Waals surface area (Å²) in [6.45, 7) is 8.95. The summed E-state index contributed by atoms with van der Waals surface area (Å²) in [5, 5.41) is 6.78. The van der Waals surface area contributed by atoms with Crippen LogP contribution < -0.4 is 10.6 Å². The lowest BCUT2D eigenvalue weighted by Crippen LogP contribution is -2.40. The topological polar surface area (TPSA) is 39.7 Å². The molecule has 1 fully saturated rings. The van der Waals surface area contributed by atoms with Gasteiger partial charge in [0.25, 0.3) is 0 Å². The SMILES string of the molecule is CN=C(NCCC(C)C)NCC1CCN(C)C1. The monoisotopic (exact) mass is 240 g/mol. The molecule has 0 aromatic rings. The van der Waals surface area contributed by atoms with Gasteiger partial charge in [0.15, 0.2) is 5.96 Å². The minimum absolute atomic E-state index is 0.740. The highest BCUT2D eigenvalue weighted by atomic mass is 15.2. The third-order valence-electron chi connectivity index (χ3n) is 3.28. The molecule has 1 atom stereocenters. The lowest BCUT2D eigenvalue weighted by atomic mass is 10.1. The second kappa shape index (κ2) is 7.54. The number of nitrogens with one attached hydrogen (secondary N) is 2. The van der Waals surface area contributed by atoms with E-state index in [0.717, 1.165) is 30.9 Å². The average Bonchev–Trinajstić information content (AvgIpc) is 2.69. The van der Waals surface area contributed by atoms with Gasteiger partial charge < -0.3 is 15.5 Å². The molecule has 100 valence electrons. The molecule has 1 unspecified atom stereocenters. The van der Waals surface area contributed by atoms with Crippen molar-refractivity contribution in [2.24, 2.45) is 16.8 Å². The summed E-state index contributed by atoms with van der Waals surface area (Å²) in [4.78, 5) is 6.64. The van der Waals surface area contributed by atoms with Crippen LogP contribution in [0.2, 0.25) is 0 Å². The first-order chi connectivity index (χ1) is 8.11. The fourth-order valence-electron chi connectivity index (χ4n) is 2.13. The molecule has 0 radical (unpaired) electrons. The molecule has 4 nitrogen and oxygen atoms in total. The molecule has 4 heteroatoms. The molecule has 0 aromatic carbocycles. The highest BCUT2D eigenvalue weighted by molar-refractivity contribution is 5.79. The normalized spacial score (nSPS) is 22.2. The number of aliphatic imine (C=N–C) groups is 1. The van der Waals surface area contributed by atoms with Crippen LogP contribution in [0.3, 0.4) is 0 Å². The van der Waals surface area contributed by atoms with Gasteiger partial charge in [-0.1, -0.05) is 13.8 Å². The van der Waals surface area contributed by atoms with E-state index in [1.54, 1.807) is 0 Å². The van der Waals surface area contributed by atoms with E-state index in [2.05, 4.69) is 41.4 Å². The van der Waals surface area contributed by atoms with Crippen molar-refractivity contribution in [2.75, 3.05) is 40.3 Å². The zero-order valence-electron chi connectivity index (χ0n) is 11.8. The first-order valence-electron chi connectivity index (χ1n) is 6.75. The van der Waals surface area contributed by atoms with Crippen LogP contribution in [0.5, 0.6) is 0 Å². The smallest absolute Gasteiger partial charge is 0.190 e. The summed E-state index contributed by atoms with van der Waals surface area (Å²) < 4.78 is 0. The highest BCUT2D eigenvalue weighted by Gasteiger charge is 2.19. The van der Waals surface area contributed by atoms with Gasteiger partial charge in [0.2, 0.25) is 0 Å². The molecule has 0 amide bonds. The predicted molar refractivity (Wildman–Crippen MR) is 74.4 cm³/mol. The summed E-state index contributed by atoms with van der Waals surface area (Å²) in [6.07, 6.45) is 2.49. The third kappa shape index (κ3) is 5.91. The Bertz CT molecular complexity index is 238. The molecule has 17 heavy (non-hydrogen) atoms. The van der Waals surface area contributed by atoms with Crippen molar-refractivity contribution in [3.05, 3.63) is 0 Å². The molecule has 1 aliphatic rings. The maximum absolute atomic E-state index is 4.25. The maximum Gasteiger partial charge on any atom is 0.190 e. The minimum atomic E-state index is 0.740. The molecule has 1 rings (SSSR count). The van der Waals surface area contributed by atoms with Gasteiger partial charge in [-0.3, -0.25) is 4.99 Å². The number of hydrogen-bond acceptors (Lipinski definition) is 2. The van der Waals surface area contributed by atoms with Gasteiger partial charge >= 0.3 is 0 Å². The van der Waals surface area contributed by atoms with Crippen molar-refractivity contribution in [3.8, 4) is 0 Å². The maximum atomic E-state index is 4.25. The van der Waals surface area contributed by atoms with Gasteiger partial charge in [-0.15, -0.1) is 0 Å². The number of likely N-dealkylation sites (tertiary alicyclic amines) is 1. The zero-order chi connectivity index (χ0) is 12.7. The second-order valence-corrected chi connectivity index (χ2v) is 5.48. The van der Waals surface area contributed by atoms with E-state index in [-0.39, 0.29) is 0 Å². The lowest BCUT2D eigenvalue weighted by Gasteiger charge is -2.16. The van der Waals surface area contributed by atoms with Gasteiger partial charge in [0.05, 0.1) is 0 Å². The number of guanidine groups is 1. The Hall–Kier alpha value is -0.770. The molecule has 0 saturated carbocycles. The molecule has 0 spiro atoms. The van der Waals surface area contributed by atoms with Crippen LogP contribution in [-0.2, 0) is 0 Å². The minimum Gasteiger partial charge on any atom is -0.356 e. The van der Waals surface area contributed by atoms with E-state index in [9.17, 15) is 0 Å². The van der Waals surface area contributed by atoms with E-state index >= 15 is 0 Å². The van der Waals surface area contributed by atoms with Crippen LogP contribution in [0.4, 0.5) is 0 Å². The molecule has 0 aliphatic carbocycles. The molecule has 0 bridgehead atoms. The van der Waals surface area contributed by atoms with E-state index < -0.39 is 0 Å². The summed E-state index contributed by atoms with van der Waals surface area (Å²) in [5.74, 6) is 2.45. The van der Waals surface area contributed by atoms with Crippen LogP contribution in [0.1, 0.15) is 26.7 Å². The van der Waals surface area contributed by atoms with Crippen molar-refractivity contribution >= 4 is 5.96 Å². The third-order valence-corrected chi connectivity index (χ3v) is 3.28. The Balaban J connectivity index is 2.14. The van der Waals surface area contributed by atoms with Crippen molar-refractivity contribution in [2.45, 2.75) is 26.7 Å². The van der Waals surface area contributed by atoms with Crippen molar-refractivity contribution in [3.63, 3.8) is 0 Å². The fraction of sp³-hybridized carbons (Fsp3) is 0.923. The summed E-state index contributed by atoms with van der Waals surface area (Å²) in [6, 6.07) is 0. The summed E-state index contributed by atoms with van der Waals surface area (Å²) in [5.41, 5.74) is 0. The van der Waals surface area contributed by atoms with Crippen LogP contribution in [-0.4, -0.2) is 51.1 Å². The van der Waals surface area contributed by atoms with Gasteiger partial charge in [0, 0.05) is 26.7 Å². The average molecular weight is 240 g/mol. The van der Waals surface area contributed by atoms with Crippen LogP contribution in [0.15, 0.2) is 4.99 Å². The zero-order valence-corrected chi connectivity index (χ0v) is 11.8. The first-order valence-corrected chi connectivity index (χ1v) is 6.75. The number of nitrogens with zero attached hydrogens (tertiary/aromatic N) is 2. The van der Waals surface area contributed by atoms with Crippen LogP contribution >= 0.6 is 0 Å². The Kier molecular flexibility index (Phi) is 6.34. The lowest BCUT2D eigenvalue weighted by molar-refractivity contribution is 0.394. The van der Waals surface area contributed by atoms with Gasteiger partial charge in [0.1, 0.15) is 0 Å². The summed E-state index contributed by atoms with van der Waals surface area (Å²) >= 11 is 0. The van der Waals surface area contributed by atoms with Crippen molar-refractivity contribution < 1.29 is 0 Å². The molecule has 1 saturated heterocycles. The fourth-order valence-corrected chi connectivity index (χ4v) is 2.13. The Morgan fingerprint density at radius 3 is 2.71 bits per heavy atom. The number of rotatable bonds is 5. The second-order valence-electron chi connectivity index (χ2n) is 5.48. The summed E-state index contributed by atoms with van der Waals surface area (Å²) in [7, 11) is 4.03. The van der Waals surface area contributed by atoms with E-state index in [1.807, 2.05) is 7.05 Å². The van der Waals surface area contributed by atoms with E-state index in [1.165, 1.54) is 25.9 Å². The van der Waals surface area contributed by atoms with Gasteiger partial charge in [-0.25, -0.2) is 0 Å². The van der Waals surface area contributed by atoms with Gasteiger partial charge in [-0.05, 0) is 38.3 Å². The Labute approximate surface area is 106 Å². The van der Waals surface area contributed by atoms with Crippen LogP contribution in [0.25, 0.3) is 0 Å². The molecule has 2 N–H and O–H groups in total. The predicted octanol–water partition coefficient (Wildman–Crippen LogP) is 1.15. The standard InChI is InChI=1S/C13H28N4/c1-11(2)5-7-15-13(14-3)16-9-12-6-8-17(4)10-12/h11-12H,5-10H2,1-4H3,(H2,14,15,16).